The highest BCUT2D eigenvalue weighted by Gasteiger charge is 2.09. The van der Waals surface area contributed by atoms with Gasteiger partial charge >= 0.3 is 0 Å². The predicted molar refractivity (Wildman–Crippen MR) is 80.8 cm³/mol. The third-order valence-corrected chi connectivity index (χ3v) is 3.21. The fourth-order valence-electron chi connectivity index (χ4n) is 1.47. The quantitative estimate of drug-likeness (QED) is 0.885. The Morgan fingerprint density at radius 2 is 1.95 bits per heavy atom. The number of hydrogen-bond acceptors (Lipinski definition) is 4. The van der Waals surface area contributed by atoms with E-state index in [-0.39, 0.29) is 16.1 Å². The predicted octanol–water partition coefficient (Wildman–Crippen LogP) is 3.10. The van der Waals surface area contributed by atoms with E-state index in [2.05, 4.69) is 15.3 Å². The molecule has 1 N–H and O–H groups in total. The molecule has 0 fully saturated rings. The number of nitrogens with one attached hydrogen (secondary N) is 1. The zero-order valence-electron chi connectivity index (χ0n) is 10.9. The first-order chi connectivity index (χ1) is 9.47. The third kappa shape index (κ3) is 3.37. The van der Waals surface area contributed by atoms with Crippen LogP contribution in [0.4, 0.5) is 11.5 Å². The number of hydrogen-bond donors (Lipinski definition) is 1. The summed E-state index contributed by atoms with van der Waals surface area (Å²) in [6, 6.07) is 5.04. The van der Waals surface area contributed by atoms with Crippen LogP contribution in [0.15, 0.2) is 30.6 Å². The zero-order chi connectivity index (χ0) is 14.7. The van der Waals surface area contributed by atoms with E-state index in [0.29, 0.717) is 11.3 Å². The van der Waals surface area contributed by atoms with Crippen LogP contribution in [0.25, 0.3) is 0 Å². The van der Waals surface area contributed by atoms with Crippen molar-refractivity contribution in [1.82, 2.24) is 9.97 Å². The first-order valence-corrected chi connectivity index (χ1v) is 6.49. The summed E-state index contributed by atoms with van der Waals surface area (Å²) >= 11 is 11.5. The minimum absolute atomic E-state index is 0.167. The SMILES string of the molecule is CN(C)c1ccc(NC(=O)c2cnc(Cl)c(Cl)c2)cn1. The highest BCUT2D eigenvalue weighted by atomic mass is 35.5. The van der Waals surface area contributed by atoms with E-state index >= 15 is 0 Å². The van der Waals surface area contributed by atoms with Crippen LogP contribution in [0, 0.1) is 0 Å². The molecule has 1 amide bonds. The summed E-state index contributed by atoms with van der Waals surface area (Å²) in [5.74, 6) is 0.481. The number of aromatic nitrogens is 2. The molecule has 2 rings (SSSR count). The van der Waals surface area contributed by atoms with E-state index in [1.54, 1.807) is 12.3 Å². The van der Waals surface area contributed by atoms with Crippen LogP contribution < -0.4 is 10.2 Å². The molecule has 2 aromatic rings. The highest BCUT2D eigenvalue weighted by molar-refractivity contribution is 6.41. The summed E-state index contributed by atoms with van der Waals surface area (Å²) in [5.41, 5.74) is 0.919. The number of halogens is 2. The molecule has 2 heterocycles. The van der Waals surface area contributed by atoms with Gasteiger partial charge in [0.1, 0.15) is 11.0 Å². The Morgan fingerprint density at radius 1 is 1.20 bits per heavy atom. The van der Waals surface area contributed by atoms with Crippen molar-refractivity contribution >= 4 is 40.6 Å². The van der Waals surface area contributed by atoms with Crippen LogP contribution in [0.3, 0.4) is 0 Å². The van der Waals surface area contributed by atoms with Crippen molar-refractivity contribution in [3.8, 4) is 0 Å². The molecular formula is C13H12Cl2N4O. The van der Waals surface area contributed by atoms with E-state index in [1.165, 1.54) is 12.3 Å². The fourth-order valence-corrected chi connectivity index (χ4v) is 1.74. The van der Waals surface area contributed by atoms with Gasteiger partial charge in [0.15, 0.2) is 0 Å². The Kier molecular flexibility index (Phi) is 4.42. The van der Waals surface area contributed by atoms with E-state index in [0.717, 1.165) is 5.82 Å². The van der Waals surface area contributed by atoms with Crippen LogP contribution in [-0.2, 0) is 0 Å². The summed E-state index contributed by atoms with van der Waals surface area (Å²) in [6.07, 6.45) is 2.95. The third-order valence-electron chi connectivity index (χ3n) is 2.52. The monoisotopic (exact) mass is 310 g/mol. The van der Waals surface area contributed by atoms with E-state index in [9.17, 15) is 4.79 Å². The van der Waals surface area contributed by atoms with Gasteiger partial charge in [-0.15, -0.1) is 0 Å². The maximum Gasteiger partial charge on any atom is 0.257 e. The van der Waals surface area contributed by atoms with Gasteiger partial charge in [-0.05, 0) is 18.2 Å². The largest absolute Gasteiger partial charge is 0.363 e. The molecule has 0 saturated heterocycles. The number of rotatable bonds is 3. The van der Waals surface area contributed by atoms with Gasteiger partial charge < -0.3 is 10.2 Å². The molecular weight excluding hydrogens is 299 g/mol. The first-order valence-electron chi connectivity index (χ1n) is 5.73. The van der Waals surface area contributed by atoms with Crippen LogP contribution in [0.1, 0.15) is 10.4 Å². The molecule has 0 aliphatic carbocycles. The lowest BCUT2D eigenvalue weighted by Crippen LogP contribution is -2.14. The van der Waals surface area contributed by atoms with Crippen LogP contribution in [-0.4, -0.2) is 30.0 Å². The minimum Gasteiger partial charge on any atom is -0.363 e. The summed E-state index contributed by atoms with van der Waals surface area (Å²) in [4.78, 5) is 21.9. The van der Waals surface area contributed by atoms with Crippen LogP contribution >= 0.6 is 23.2 Å². The van der Waals surface area contributed by atoms with Crippen molar-refractivity contribution in [2.75, 3.05) is 24.3 Å². The molecule has 5 nitrogen and oxygen atoms in total. The molecule has 0 aromatic carbocycles. The van der Waals surface area contributed by atoms with Gasteiger partial charge in [0, 0.05) is 20.3 Å². The molecule has 20 heavy (non-hydrogen) atoms. The van der Waals surface area contributed by atoms with Crippen LogP contribution in [0.5, 0.6) is 0 Å². The summed E-state index contributed by atoms with van der Waals surface area (Å²) in [7, 11) is 3.78. The molecule has 0 atom stereocenters. The second-order valence-corrected chi connectivity index (χ2v) is 5.02. The lowest BCUT2D eigenvalue weighted by atomic mass is 10.2. The van der Waals surface area contributed by atoms with Gasteiger partial charge in [0.25, 0.3) is 5.91 Å². The molecule has 0 unspecified atom stereocenters. The average molecular weight is 311 g/mol. The molecule has 0 aliphatic rings. The van der Waals surface area contributed by atoms with Gasteiger partial charge in [-0.2, -0.15) is 0 Å². The fraction of sp³-hybridized carbons (Fsp3) is 0.154. The summed E-state index contributed by atoms with van der Waals surface area (Å²) in [5, 5.41) is 3.11. The molecule has 104 valence electrons. The molecule has 2 aromatic heterocycles. The number of carbonyl (C=O) groups is 1. The van der Waals surface area contributed by atoms with E-state index < -0.39 is 0 Å². The lowest BCUT2D eigenvalue weighted by molar-refractivity contribution is 0.102. The van der Waals surface area contributed by atoms with Gasteiger partial charge in [0.2, 0.25) is 0 Å². The minimum atomic E-state index is -0.324. The maximum absolute atomic E-state index is 12.0. The van der Waals surface area contributed by atoms with Gasteiger partial charge in [-0.1, -0.05) is 23.2 Å². The van der Waals surface area contributed by atoms with Crippen molar-refractivity contribution in [2.24, 2.45) is 0 Å². The second kappa shape index (κ2) is 6.07. The maximum atomic E-state index is 12.0. The average Bonchev–Trinajstić information content (AvgIpc) is 2.42. The van der Waals surface area contributed by atoms with Crippen molar-refractivity contribution in [3.63, 3.8) is 0 Å². The summed E-state index contributed by atoms with van der Waals surface area (Å²) < 4.78 is 0. The Bertz CT molecular complexity index is 629. The van der Waals surface area contributed by atoms with Crippen molar-refractivity contribution in [1.29, 1.82) is 0 Å². The van der Waals surface area contributed by atoms with E-state index in [1.807, 2.05) is 25.1 Å². The van der Waals surface area contributed by atoms with Crippen LogP contribution in [0.2, 0.25) is 10.2 Å². The number of carbonyl (C=O) groups excluding carboxylic acids is 1. The Balaban J connectivity index is 2.12. The Morgan fingerprint density at radius 3 is 2.50 bits per heavy atom. The van der Waals surface area contributed by atoms with Gasteiger partial charge in [-0.3, -0.25) is 4.79 Å². The topological polar surface area (TPSA) is 58.1 Å². The molecule has 7 heteroatoms. The molecule has 0 saturated carbocycles. The number of nitrogens with zero attached hydrogens (tertiary/aromatic N) is 3. The van der Waals surface area contributed by atoms with E-state index in [4.69, 9.17) is 23.2 Å². The molecule has 0 bridgehead atoms. The van der Waals surface area contributed by atoms with Gasteiger partial charge in [-0.25, -0.2) is 9.97 Å². The second-order valence-electron chi connectivity index (χ2n) is 4.25. The lowest BCUT2D eigenvalue weighted by Gasteiger charge is -2.11. The zero-order valence-corrected chi connectivity index (χ0v) is 12.4. The van der Waals surface area contributed by atoms with Crippen molar-refractivity contribution < 1.29 is 4.79 Å². The smallest absolute Gasteiger partial charge is 0.257 e. The van der Waals surface area contributed by atoms with Gasteiger partial charge in [0.05, 0.1) is 22.5 Å². The number of anilines is 2. The summed E-state index contributed by atoms with van der Waals surface area (Å²) in [6.45, 7) is 0. The Hall–Kier alpha value is -1.85. The normalized spacial score (nSPS) is 10.2. The van der Waals surface area contributed by atoms with Crippen molar-refractivity contribution in [3.05, 3.63) is 46.3 Å². The Labute approximate surface area is 126 Å². The highest BCUT2D eigenvalue weighted by Crippen LogP contribution is 2.20. The number of amides is 1. The molecule has 0 aliphatic heterocycles. The standard InChI is InChI=1S/C13H12Cl2N4O/c1-19(2)11-4-3-9(7-16-11)18-13(20)8-5-10(14)12(15)17-6-8/h3-7H,1-2H3,(H,18,20). The number of pyridine rings is 2. The van der Waals surface area contributed by atoms with Crippen molar-refractivity contribution in [2.45, 2.75) is 0 Å². The molecule has 0 radical (unpaired) electrons. The first kappa shape index (κ1) is 14.6. The molecule has 0 spiro atoms.